The van der Waals surface area contributed by atoms with Crippen LogP contribution in [0.25, 0.3) is 0 Å². The molecular formula is C22H27FN2O2S. The zero-order valence-corrected chi connectivity index (χ0v) is 16.9. The fraction of sp³-hybridized carbons (Fsp3) is 0.455. The van der Waals surface area contributed by atoms with Crippen LogP contribution in [0, 0.1) is 5.82 Å². The van der Waals surface area contributed by atoms with Gasteiger partial charge in [-0.3, -0.25) is 4.90 Å². The standard InChI is InChI=1S/C22H27FN2O2S/c23-21-11-5-4-10-20(21)16-24-14-6-12-22(24)13-7-15-25(18-22)28(26,27)17-19-8-2-1-3-9-19/h1-5,8-11H,6-7,12-18H2/t22-/m0/s1. The highest BCUT2D eigenvalue weighted by Crippen LogP contribution is 2.39. The maximum atomic E-state index is 14.2. The molecule has 2 aromatic carbocycles. The fourth-order valence-electron chi connectivity index (χ4n) is 4.72. The zero-order valence-electron chi connectivity index (χ0n) is 16.1. The van der Waals surface area contributed by atoms with Crippen LogP contribution < -0.4 is 0 Å². The van der Waals surface area contributed by atoms with Crippen molar-refractivity contribution in [3.8, 4) is 0 Å². The molecule has 0 aromatic heterocycles. The van der Waals surface area contributed by atoms with Crippen molar-refractivity contribution in [1.29, 1.82) is 0 Å². The second kappa shape index (κ2) is 7.93. The van der Waals surface area contributed by atoms with Crippen LogP contribution in [0.15, 0.2) is 54.6 Å². The van der Waals surface area contributed by atoms with Gasteiger partial charge in [0.15, 0.2) is 0 Å². The number of hydrogen-bond donors (Lipinski definition) is 0. The van der Waals surface area contributed by atoms with Crippen molar-refractivity contribution in [2.24, 2.45) is 0 Å². The maximum Gasteiger partial charge on any atom is 0.218 e. The lowest BCUT2D eigenvalue weighted by Gasteiger charge is -2.45. The summed E-state index contributed by atoms with van der Waals surface area (Å²) in [6.45, 7) is 2.52. The third-order valence-electron chi connectivity index (χ3n) is 6.17. The van der Waals surface area contributed by atoms with Crippen molar-refractivity contribution in [3.05, 3.63) is 71.5 Å². The average Bonchev–Trinajstić information content (AvgIpc) is 3.05. The minimum atomic E-state index is -3.37. The SMILES string of the molecule is O=S(=O)(Cc1ccccc1)N1CCC[C@@]2(CCCN2Cc2ccccc2F)C1. The number of rotatable bonds is 5. The van der Waals surface area contributed by atoms with Gasteiger partial charge < -0.3 is 0 Å². The molecule has 0 N–H and O–H groups in total. The Bertz CT molecular complexity index is 919. The Morgan fingerprint density at radius 3 is 2.36 bits per heavy atom. The summed E-state index contributed by atoms with van der Waals surface area (Å²) in [7, 11) is -3.37. The highest BCUT2D eigenvalue weighted by atomic mass is 32.2. The van der Waals surface area contributed by atoms with Gasteiger partial charge in [0.05, 0.1) is 5.75 Å². The molecule has 2 heterocycles. The predicted molar refractivity (Wildman–Crippen MR) is 109 cm³/mol. The lowest BCUT2D eigenvalue weighted by molar-refractivity contribution is 0.0670. The summed E-state index contributed by atoms with van der Waals surface area (Å²) < 4.78 is 42.0. The molecule has 28 heavy (non-hydrogen) atoms. The molecular weight excluding hydrogens is 375 g/mol. The number of piperidine rings is 1. The first-order valence-electron chi connectivity index (χ1n) is 9.99. The average molecular weight is 403 g/mol. The molecule has 6 heteroatoms. The zero-order chi connectivity index (χ0) is 19.6. The third-order valence-corrected chi connectivity index (χ3v) is 7.96. The van der Waals surface area contributed by atoms with E-state index in [0.29, 0.717) is 25.2 Å². The number of hydrogen-bond acceptors (Lipinski definition) is 3. The van der Waals surface area contributed by atoms with E-state index in [4.69, 9.17) is 0 Å². The van der Waals surface area contributed by atoms with Crippen molar-refractivity contribution < 1.29 is 12.8 Å². The van der Waals surface area contributed by atoms with E-state index in [9.17, 15) is 12.8 Å². The minimum Gasteiger partial charge on any atom is -0.292 e. The first-order valence-corrected chi connectivity index (χ1v) is 11.6. The molecule has 0 bridgehead atoms. The molecule has 0 saturated carbocycles. The van der Waals surface area contributed by atoms with Gasteiger partial charge in [0, 0.05) is 30.7 Å². The van der Waals surface area contributed by atoms with Gasteiger partial charge in [0.25, 0.3) is 0 Å². The molecule has 4 nitrogen and oxygen atoms in total. The normalized spacial score (nSPS) is 24.0. The Hall–Kier alpha value is -1.76. The summed E-state index contributed by atoms with van der Waals surface area (Å²) in [6, 6.07) is 16.2. The molecule has 0 amide bonds. The molecule has 0 aliphatic carbocycles. The van der Waals surface area contributed by atoms with Crippen LogP contribution in [0.3, 0.4) is 0 Å². The van der Waals surface area contributed by atoms with E-state index >= 15 is 0 Å². The summed E-state index contributed by atoms with van der Waals surface area (Å²) in [4.78, 5) is 2.32. The van der Waals surface area contributed by atoms with E-state index in [0.717, 1.165) is 37.8 Å². The quantitative estimate of drug-likeness (QED) is 0.764. The summed E-state index contributed by atoms with van der Waals surface area (Å²) in [5.41, 5.74) is 1.33. The van der Waals surface area contributed by atoms with E-state index in [1.54, 1.807) is 10.4 Å². The molecule has 1 atom stereocenters. The number of benzene rings is 2. The predicted octanol–water partition coefficient (Wildman–Crippen LogP) is 3.79. The van der Waals surface area contributed by atoms with E-state index in [1.807, 2.05) is 42.5 Å². The lowest BCUT2D eigenvalue weighted by Crippen LogP contribution is -2.56. The number of halogens is 1. The number of likely N-dealkylation sites (tertiary alicyclic amines) is 1. The Morgan fingerprint density at radius 1 is 0.929 bits per heavy atom. The van der Waals surface area contributed by atoms with Gasteiger partial charge in [-0.2, -0.15) is 4.31 Å². The Kier molecular flexibility index (Phi) is 5.54. The van der Waals surface area contributed by atoms with Crippen molar-refractivity contribution >= 4 is 10.0 Å². The molecule has 2 saturated heterocycles. The lowest BCUT2D eigenvalue weighted by atomic mass is 9.87. The summed E-state index contributed by atoms with van der Waals surface area (Å²) >= 11 is 0. The minimum absolute atomic E-state index is 0.0389. The van der Waals surface area contributed by atoms with Gasteiger partial charge in [-0.1, -0.05) is 48.5 Å². The van der Waals surface area contributed by atoms with Crippen LogP contribution in [-0.4, -0.2) is 42.8 Å². The highest BCUT2D eigenvalue weighted by molar-refractivity contribution is 7.88. The molecule has 1 spiro atoms. The Morgan fingerprint density at radius 2 is 1.61 bits per heavy atom. The molecule has 0 unspecified atom stereocenters. The molecule has 2 aliphatic rings. The van der Waals surface area contributed by atoms with E-state index in [2.05, 4.69) is 4.90 Å². The highest BCUT2D eigenvalue weighted by Gasteiger charge is 2.46. The topological polar surface area (TPSA) is 40.6 Å². The van der Waals surface area contributed by atoms with Crippen molar-refractivity contribution in [3.63, 3.8) is 0 Å². The molecule has 0 radical (unpaired) electrons. The number of sulfonamides is 1. The first kappa shape index (κ1) is 19.6. The van der Waals surface area contributed by atoms with Crippen LogP contribution in [0.5, 0.6) is 0 Å². The monoisotopic (exact) mass is 402 g/mol. The summed E-state index contributed by atoms with van der Waals surface area (Å²) in [6.07, 6.45) is 3.82. The van der Waals surface area contributed by atoms with Crippen LogP contribution >= 0.6 is 0 Å². The smallest absolute Gasteiger partial charge is 0.218 e. The fourth-order valence-corrected chi connectivity index (χ4v) is 6.36. The molecule has 150 valence electrons. The van der Waals surface area contributed by atoms with Gasteiger partial charge in [-0.05, 0) is 43.9 Å². The largest absolute Gasteiger partial charge is 0.292 e. The van der Waals surface area contributed by atoms with Gasteiger partial charge in [-0.25, -0.2) is 12.8 Å². The van der Waals surface area contributed by atoms with E-state index in [1.165, 1.54) is 6.07 Å². The Balaban J connectivity index is 1.52. The van der Waals surface area contributed by atoms with Gasteiger partial charge >= 0.3 is 0 Å². The van der Waals surface area contributed by atoms with Gasteiger partial charge in [-0.15, -0.1) is 0 Å². The molecule has 2 fully saturated rings. The van der Waals surface area contributed by atoms with Crippen LogP contribution in [0.2, 0.25) is 0 Å². The second-order valence-corrected chi connectivity index (χ2v) is 9.99. The molecule has 2 aliphatic heterocycles. The van der Waals surface area contributed by atoms with Crippen molar-refractivity contribution in [2.45, 2.75) is 43.5 Å². The van der Waals surface area contributed by atoms with Gasteiger partial charge in [0.2, 0.25) is 10.0 Å². The van der Waals surface area contributed by atoms with Crippen LogP contribution in [0.1, 0.15) is 36.8 Å². The van der Waals surface area contributed by atoms with E-state index in [-0.39, 0.29) is 17.1 Å². The number of nitrogens with zero attached hydrogens (tertiary/aromatic N) is 2. The third kappa shape index (κ3) is 4.00. The summed E-state index contributed by atoms with van der Waals surface area (Å²) in [5.74, 6) is -0.147. The summed E-state index contributed by atoms with van der Waals surface area (Å²) in [5, 5.41) is 0. The Labute approximate surface area is 167 Å². The van der Waals surface area contributed by atoms with Crippen LogP contribution in [-0.2, 0) is 22.3 Å². The second-order valence-electron chi connectivity index (χ2n) is 8.02. The van der Waals surface area contributed by atoms with Crippen LogP contribution in [0.4, 0.5) is 4.39 Å². The first-order chi connectivity index (χ1) is 13.5. The van der Waals surface area contributed by atoms with Crippen molar-refractivity contribution in [2.75, 3.05) is 19.6 Å². The van der Waals surface area contributed by atoms with Gasteiger partial charge in [0.1, 0.15) is 5.82 Å². The van der Waals surface area contributed by atoms with Crippen molar-refractivity contribution in [1.82, 2.24) is 9.21 Å². The molecule has 4 rings (SSSR count). The maximum absolute atomic E-state index is 14.2. The molecule has 2 aromatic rings. The van der Waals surface area contributed by atoms with E-state index < -0.39 is 10.0 Å².